The van der Waals surface area contributed by atoms with Crippen LogP contribution < -0.4 is 5.73 Å². The standard InChI is InChI=1S/C8H7IN4/c9-7-3-6(10)1-2-8(7)13-5-11-4-12-13/h1-5H,10H2. The van der Waals surface area contributed by atoms with Crippen molar-refractivity contribution in [3.8, 4) is 5.69 Å². The van der Waals surface area contributed by atoms with Gasteiger partial charge in [0, 0.05) is 9.26 Å². The van der Waals surface area contributed by atoms with Crippen LogP contribution in [0.1, 0.15) is 0 Å². The fourth-order valence-electron chi connectivity index (χ4n) is 1.04. The van der Waals surface area contributed by atoms with Crippen molar-refractivity contribution in [2.45, 2.75) is 0 Å². The SMILES string of the molecule is Nc1ccc(-n2cncn2)c(I)c1. The van der Waals surface area contributed by atoms with Crippen molar-refractivity contribution in [2.75, 3.05) is 5.73 Å². The average molecular weight is 286 g/mol. The van der Waals surface area contributed by atoms with E-state index in [0.717, 1.165) is 14.9 Å². The summed E-state index contributed by atoms with van der Waals surface area (Å²) < 4.78 is 2.77. The predicted octanol–water partition coefficient (Wildman–Crippen LogP) is 1.45. The van der Waals surface area contributed by atoms with E-state index in [1.54, 1.807) is 11.0 Å². The number of benzene rings is 1. The molecule has 0 radical (unpaired) electrons. The third-order valence-corrected chi connectivity index (χ3v) is 2.50. The van der Waals surface area contributed by atoms with Crippen molar-refractivity contribution < 1.29 is 0 Å². The lowest BCUT2D eigenvalue weighted by Gasteiger charge is -2.03. The van der Waals surface area contributed by atoms with Gasteiger partial charge in [0.1, 0.15) is 12.7 Å². The lowest BCUT2D eigenvalue weighted by molar-refractivity contribution is 0.874. The number of rotatable bonds is 1. The molecule has 0 amide bonds. The molecule has 0 unspecified atom stereocenters. The van der Waals surface area contributed by atoms with Gasteiger partial charge >= 0.3 is 0 Å². The van der Waals surface area contributed by atoms with Crippen molar-refractivity contribution in [1.29, 1.82) is 0 Å². The molecule has 2 N–H and O–H groups in total. The summed E-state index contributed by atoms with van der Waals surface area (Å²) >= 11 is 2.22. The Morgan fingerprint density at radius 2 is 2.23 bits per heavy atom. The van der Waals surface area contributed by atoms with E-state index in [-0.39, 0.29) is 0 Å². The van der Waals surface area contributed by atoms with Gasteiger partial charge < -0.3 is 5.73 Å². The molecule has 0 bridgehead atoms. The molecule has 0 fully saturated rings. The number of hydrogen-bond donors (Lipinski definition) is 1. The fraction of sp³-hybridized carbons (Fsp3) is 0. The topological polar surface area (TPSA) is 56.7 Å². The first-order chi connectivity index (χ1) is 6.27. The number of nitrogens with two attached hydrogens (primary N) is 1. The summed E-state index contributed by atoms with van der Waals surface area (Å²) in [6.45, 7) is 0. The van der Waals surface area contributed by atoms with Crippen LogP contribution in [-0.2, 0) is 0 Å². The summed E-state index contributed by atoms with van der Waals surface area (Å²) in [6, 6.07) is 5.67. The number of anilines is 1. The van der Waals surface area contributed by atoms with E-state index in [2.05, 4.69) is 32.7 Å². The van der Waals surface area contributed by atoms with Crippen LogP contribution in [0.5, 0.6) is 0 Å². The Bertz CT molecular complexity index is 410. The molecule has 0 aliphatic heterocycles. The van der Waals surface area contributed by atoms with Gasteiger partial charge in [0.05, 0.1) is 5.69 Å². The molecule has 0 saturated heterocycles. The van der Waals surface area contributed by atoms with E-state index in [1.165, 1.54) is 6.33 Å². The van der Waals surface area contributed by atoms with Gasteiger partial charge in [-0.1, -0.05) is 0 Å². The molecule has 0 spiro atoms. The second-order valence-corrected chi connectivity index (χ2v) is 3.71. The van der Waals surface area contributed by atoms with Crippen molar-refractivity contribution in [3.05, 3.63) is 34.4 Å². The summed E-state index contributed by atoms with van der Waals surface area (Å²) in [6.07, 6.45) is 3.17. The van der Waals surface area contributed by atoms with Crippen molar-refractivity contribution in [1.82, 2.24) is 14.8 Å². The number of halogens is 1. The highest BCUT2D eigenvalue weighted by Gasteiger charge is 2.01. The molecule has 66 valence electrons. The molecule has 1 aromatic heterocycles. The van der Waals surface area contributed by atoms with E-state index in [1.807, 2.05) is 18.2 Å². The molecule has 0 atom stereocenters. The Balaban J connectivity index is 2.53. The van der Waals surface area contributed by atoms with Crippen LogP contribution in [-0.4, -0.2) is 14.8 Å². The molecule has 2 rings (SSSR count). The maximum Gasteiger partial charge on any atom is 0.138 e. The minimum atomic E-state index is 0.758. The lowest BCUT2D eigenvalue weighted by Crippen LogP contribution is -1.98. The van der Waals surface area contributed by atoms with Crippen LogP contribution in [0.15, 0.2) is 30.9 Å². The first-order valence-corrected chi connectivity index (χ1v) is 4.75. The van der Waals surface area contributed by atoms with Crippen LogP contribution in [0.2, 0.25) is 0 Å². The molecule has 5 heteroatoms. The maximum atomic E-state index is 5.63. The van der Waals surface area contributed by atoms with Gasteiger partial charge in [0.25, 0.3) is 0 Å². The highest BCUT2D eigenvalue weighted by molar-refractivity contribution is 14.1. The van der Waals surface area contributed by atoms with Crippen molar-refractivity contribution >= 4 is 28.3 Å². The second-order valence-electron chi connectivity index (χ2n) is 2.55. The van der Waals surface area contributed by atoms with Crippen LogP contribution in [0, 0.1) is 3.57 Å². The predicted molar refractivity (Wildman–Crippen MR) is 58.5 cm³/mol. The number of nitrogen functional groups attached to an aromatic ring is 1. The van der Waals surface area contributed by atoms with Gasteiger partial charge in [-0.2, -0.15) is 5.10 Å². The highest BCUT2D eigenvalue weighted by Crippen LogP contribution is 2.18. The summed E-state index contributed by atoms with van der Waals surface area (Å²) in [5.74, 6) is 0. The zero-order valence-electron chi connectivity index (χ0n) is 6.68. The van der Waals surface area contributed by atoms with E-state index in [0.29, 0.717) is 0 Å². The van der Waals surface area contributed by atoms with E-state index in [9.17, 15) is 0 Å². The van der Waals surface area contributed by atoms with Crippen LogP contribution in [0.3, 0.4) is 0 Å². The van der Waals surface area contributed by atoms with E-state index >= 15 is 0 Å². The Morgan fingerprint density at radius 1 is 1.38 bits per heavy atom. The molecule has 0 aliphatic rings. The molecular weight excluding hydrogens is 279 g/mol. The highest BCUT2D eigenvalue weighted by atomic mass is 127. The van der Waals surface area contributed by atoms with Gasteiger partial charge in [-0.25, -0.2) is 9.67 Å². The van der Waals surface area contributed by atoms with Gasteiger partial charge in [-0.15, -0.1) is 0 Å². The summed E-state index contributed by atoms with van der Waals surface area (Å²) in [7, 11) is 0. The maximum absolute atomic E-state index is 5.63. The Morgan fingerprint density at radius 3 is 2.85 bits per heavy atom. The molecule has 0 aliphatic carbocycles. The molecular formula is C8H7IN4. The smallest absolute Gasteiger partial charge is 0.138 e. The van der Waals surface area contributed by atoms with Crippen LogP contribution >= 0.6 is 22.6 Å². The number of nitrogens with zero attached hydrogens (tertiary/aromatic N) is 3. The minimum Gasteiger partial charge on any atom is -0.399 e. The Labute approximate surface area is 88.9 Å². The van der Waals surface area contributed by atoms with E-state index < -0.39 is 0 Å². The molecule has 0 saturated carbocycles. The minimum absolute atomic E-state index is 0.758. The number of hydrogen-bond acceptors (Lipinski definition) is 3. The second kappa shape index (κ2) is 3.33. The van der Waals surface area contributed by atoms with Gasteiger partial charge in [0.2, 0.25) is 0 Å². The van der Waals surface area contributed by atoms with Gasteiger partial charge in [0.15, 0.2) is 0 Å². The monoisotopic (exact) mass is 286 g/mol. The molecule has 4 nitrogen and oxygen atoms in total. The average Bonchev–Trinajstić information content (AvgIpc) is 2.56. The summed E-state index contributed by atoms with van der Waals surface area (Å²) in [5, 5.41) is 4.04. The summed E-state index contributed by atoms with van der Waals surface area (Å²) in [4.78, 5) is 3.88. The van der Waals surface area contributed by atoms with Crippen molar-refractivity contribution in [3.63, 3.8) is 0 Å². The number of aromatic nitrogens is 3. The zero-order valence-corrected chi connectivity index (χ0v) is 8.84. The van der Waals surface area contributed by atoms with Crippen LogP contribution in [0.4, 0.5) is 5.69 Å². The Hall–Kier alpha value is -1.11. The van der Waals surface area contributed by atoms with Crippen LogP contribution in [0.25, 0.3) is 5.69 Å². The van der Waals surface area contributed by atoms with Gasteiger partial charge in [-0.05, 0) is 40.8 Å². The molecule has 2 aromatic rings. The normalized spacial score (nSPS) is 10.2. The quantitative estimate of drug-likeness (QED) is 0.637. The largest absolute Gasteiger partial charge is 0.399 e. The first-order valence-electron chi connectivity index (χ1n) is 3.67. The molecule has 1 heterocycles. The fourth-order valence-corrected chi connectivity index (χ4v) is 1.83. The van der Waals surface area contributed by atoms with Crippen molar-refractivity contribution in [2.24, 2.45) is 0 Å². The first kappa shape index (κ1) is 8.49. The molecule has 1 aromatic carbocycles. The third kappa shape index (κ3) is 1.64. The van der Waals surface area contributed by atoms with E-state index in [4.69, 9.17) is 5.73 Å². The zero-order chi connectivity index (χ0) is 9.26. The molecule has 13 heavy (non-hydrogen) atoms. The Kier molecular flexibility index (Phi) is 2.17. The van der Waals surface area contributed by atoms with Gasteiger partial charge in [-0.3, -0.25) is 0 Å². The third-order valence-electron chi connectivity index (χ3n) is 1.64. The summed E-state index contributed by atoms with van der Waals surface area (Å²) in [5.41, 5.74) is 7.38. The lowest BCUT2D eigenvalue weighted by atomic mass is 10.3.